The summed E-state index contributed by atoms with van der Waals surface area (Å²) in [7, 11) is 0. The molecule has 0 aromatic heterocycles. The molecule has 1 fully saturated rings. The van der Waals surface area contributed by atoms with E-state index in [1.54, 1.807) is 4.90 Å². The molecule has 10 heteroatoms. The van der Waals surface area contributed by atoms with E-state index in [1.165, 1.54) is 83.5 Å². The molecule has 1 aliphatic rings. The molecular formula is C36H68N2O8. The summed E-state index contributed by atoms with van der Waals surface area (Å²) in [5.74, 6) is -1.90. The number of carbonyl (C=O) groups excluding carboxylic acids is 2. The highest BCUT2D eigenvalue weighted by Crippen LogP contribution is 2.26. The maximum atomic E-state index is 13.7. The van der Waals surface area contributed by atoms with Crippen molar-refractivity contribution >= 4 is 17.8 Å². The SMILES string of the molecule is CCCCCCCCCCCCCCN(C(=O)CCCCCCCCCCC)[C@@H]1O[C@H](CO)[C@H](O)[C@H](O)[C@@H]1NC(=O)CCC(=O)O. The van der Waals surface area contributed by atoms with Crippen LogP contribution in [0.15, 0.2) is 0 Å². The van der Waals surface area contributed by atoms with E-state index in [2.05, 4.69) is 19.2 Å². The monoisotopic (exact) mass is 656 g/mol. The Labute approximate surface area is 279 Å². The number of nitrogens with one attached hydrogen (secondary N) is 1. The Morgan fingerprint density at radius 3 is 1.54 bits per heavy atom. The number of aliphatic carboxylic acids is 1. The van der Waals surface area contributed by atoms with Crippen LogP contribution < -0.4 is 5.32 Å². The molecule has 5 N–H and O–H groups in total. The van der Waals surface area contributed by atoms with Crippen LogP contribution in [0.4, 0.5) is 0 Å². The summed E-state index contributed by atoms with van der Waals surface area (Å²) in [6, 6.07) is -1.16. The maximum absolute atomic E-state index is 13.7. The molecule has 5 atom stereocenters. The van der Waals surface area contributed by atoms with E-state index in [0.717, 1.165) is 51.4 Å². The lowest BCUT2D eigenvalue weighted by Crippen LogP contribution is -2.68. The summed E-state index contributed by atoms with van der Waals surface area (Å²) in [5, 5.41) is 43.0. The van der Waals surface area contributed by atoms with Crippen LogP contribution in [-0.2, 0) is 19.1 Å². The minimum absolute atomic E-state index is 0.152. The number of carboxylic acid groups (broad SMARTS) is 1. The fourth-order valence-corrected chi connectivity index (χ4v) is 6.25. The molecule has 0 spiro atoms. The van der Waals surface area contributed by atoms with Crippen LogP contribution in [0.25, 0.3) is 0 Å². The summed E-state index contributed by atoms with van der Waals surface area (Å²) in [6.45, 7) is 4.24. The number of unbranched alkanes of at least 4 members (excludes halogenated alkanes) is 19. The lowest BCUT2D eigenvalue weighted by molar-refractivity contribution is -0.231. The van der Waals surface area contributed by atoms with Gasteiger partial charge in [0, 0.05) is 19.4 Å². The van der Waals surface area contributed by atoms with Gasteiger partial charge in [0.2, 0.25) is 11.8 Å². The third-order valence-corrected chi connectivity index (χ3v) is 9.17. The zero-order valence-corrected chi connectivity index (χ0v) is 29.1. The molecular weight excluding hydrogens is 588 g/mol. The molecule has 2 amide bonds. The second-order valence-corrected chi connectivity index (χ2v) is 13.3. The molecule has 0 aliphatic carbocycles. The van der Waals surface area contributed by atoms with Crippen LogP contribution in [0.3, 0.4) is 0 Å². The normalized spacial score (nSPS) is 21.3. The number of hydrogen-bond acceptors (Lipinski definition) is 7. The topological polar surface area (TPSA) is 157 Å². The van der Waals surface area contributed by atoms with Crippen molar-refractivity contribution in [2.45, 2.75) is 199 Å². The van der Waals surface area contributed by atoms with Crippen LogP contribution in [0.5, 0.6) is 0 Å². The molecule has 1 saturated heterocycles. The molecule has 0 unspecified atom stereocenters. The first-order valence-electron chi connectivity index (χ1n) is 18.7. The van der Waals surface area contributed by atoms with Crippen molar-refractivity contribution in [2.24, 2.45) is 0 Å². The molecule has 46 heavy (non-hydrogen) atoms. The number of aliphatic hydroxyl groups excluding tert-OH is 3. The maximum Gasteiger partial charge on any atom is 0.303 e. The predicted molar refractivity (Wildman–Crippen MR) is 181 cm³/mol. The zero-order valence-electron chi connectivity index (χ0n) is 29.1. The molecule has 0 aromatic carbocycles. The van der Waals surface area contributed by atoms with Gasteiger partial charge in [-0.1, -0.05) is 136 Å². The van der Waals surface area contributed by atoms with E-state index in [-0.39, 0.29) is 18.7 Å². The van der Waals surface area contributed by atoms with Crippen LogP contribution in [0.1, 0.15) is 168 Å². The van der Waals surface area contributed by atoms with E-state index in [1.807, 2.05) is 0 Å². The molecule has 1 rings (SSSR count). The van der Waals surface area contributed by atoms with Crippen molar-refractivity contribution in [3.8, 4) is 0 Å². The minimum Gasteiger partial charge on any atom is -0.481 e. The third-order valence-electron chi connectivity index (χ3n) is 9.17. The summed E-state index contributed by atoms with van der Waals surface area (Å²) < 4.78 is 6.00. The van der Waals surface area contributed by atoms with Crippen molar-refractivity contribution in [1.82, 2.24) is 10.2 Å². The van der Waals surface area contributed by atoms with Gasteiger partial charge in [-0.15, -0.1) is 0 Å². The summed E-state index contributed by atoms with van der Waals surface area (Å²) >= 11 is 0. The number of nitrogens with zero attached hydrogens (tertiary/aromatic N) is 1. The van der Waals surface area contributed by atoms with Gasteiger partial charge in [-0.25, -0.2) is 0 Å². The highest BCUT2D eigenvalue weighted by atomic mass is 16.5. The number of carboxylic acids is 1. The Morgan fingerprint density at radius 1 is 0.630 bits per heavy atom. The zero-order chi connectivity index (χ0) is 34.0. The van der Waals surface area contributed by atoms with E-state index in [0.29, 0.717) is 13.0 Å². The number of carbonyl (C=O) groups is 3. The highest BCUT2D eigenvalue weighted by molar-refractivity contribution is 5.81. The van der Waals surface area contributed by atoms with Gasteiger partial charge in [0.15, 0.2) is 6.23 Å². The van der Waals surface area contributed by atoms with Crippen molar-refractivity contribution in [3.05, 3.63) is 0 Å². The molecule has 10 nitrogen and oxygen atoms in total. The van der Waals surface area contributed by atoms with Crippen molar-refractivity contribution < 1.29 is 39.5 Å². The van der Waals surface area contributed by atoms with Gasteiger partial charge in [-0.2, -0.15) is 0 Å². The number of amides is 2. The Bertz CT molecular complexity index is 798. The fraction of sp³-hybridized carbons (Fsp3) is 0.917. The van der Waals surface area contributed by atoms with Gasteiger partial charge >= 0.3 is 5.97 Å². The Hall–Kier alpha value is -1.75. The minimum atomic E-state index is -1.50. The third kappa shape index (κ3) is 18.6. The largest absolute Gasteiger partial charge is 0.481 e. The van der Waals surface area contributed by atoms with E-state index < -0.39 is 49.1 Å². The number of aliphatic hydroxyl groups is 3. The van der Waals surface area contributed by atoms with Gasteiger partial charge in [0.1, 0.15) is 24.4 Å². The highest BCUT2D eigenvalue weighted by Gasteiger charge is 2.48. The molecule has 0 saturated carbocycles. The average molecular weight is 657 g/mol. The molecule has 0 radical (unpaired) electrons. The van der Waals surface area contributed by atoms with Crippen LogP contribution in [0.2, 0.25) is 0 Å². The van der Waals surface area contributed by atoms with Gasteiger partial charge < -0.3 is 35.4 Å². The molecule has 270 valence electrons. The summed E-state index contributed by atoms with van der Waals surface area (Å²) in [5.41, 5.74) is 0. The first-order valence-corrected chi connectivity index (χ1v) is 18.7. The average Bonchev–Trinajstić information content (AvgIpc) is 3.04. The van der Waals surface area contributed by atoms with Gasteiger partial charge in [-0.05, 0) is 12.8 Å². The summed E-state index contributed by atoms with van der Waals surface area (Å²) in [4.78, 5) is 38.8. The van der Waals surface area contributed by atoms with Crippen LogP contribution in [0, 0.1) is 0 Å². The molecule has 1 aliphatic heterocycles. The first-order chi connectivity index (χ1) is 22.3. The number of rotatable bonds is 29. The van der Waals surface area contributed by atoms with Crippen molar-refractivity contribution in [2.75, 3.05) is 13.2 Å². The second kappa shape index (κ2) is 27.2. The fourth-order valence-electron chi connectivity index (χ4n) is 6.25. The van der Waals surface area contributed by atoms with Crippen LogP contribution in [-0.4, -0.2) is 86.8 Å². The number of hydrogen-bond donors (Lipinski definition) is 5. The Morgan fingerprint density at radius 2 is 1.09 bits per heavy atom. The quantitative estimate of drug-likeness (QED) is 0.0594. The lowest BCUT2D eigenvalue weighted by Gasteiger charge is -2.47. The lowest BCUT2D eigenvalue weighted by atomic mass is 9.94. The molecule has 0 aromatic rings. The molecule has 1 heterocycles. The second-order valence-electron chi connectivity index (χ2n) is 13.3. The van der Waals surface area contributed by atoms with Gasteiger partial charge in [0.05, 0.1) is 13.0 Å². The van der Waals surface area contributed by atoms with E-state index in [4.69, 9.17) is 9.84 Å². The Kier molecular flexibility index (Phi) is 25.0. The van der Waals surface area contributed by atoms with Crippen molar-refractivity contribution in [1.29, 1.82) is 0 Å². The smallest absolute Gasteiger partial charge is 0.303 e. The number of ether oxygens (including phenoxy) is 1. The summed E-state index contributed by atoms with van der Waals surface area (Å²) in [6.07, 6.45) is 18.6. The standard InChI is InChI=1S/C36H68N2O8/c1-3-5-7-9-11-13-14-15-17-19-21-23-27-38(31(41)24-22-20-18-16-12-10-8-6-4-2)36-33(37-30(40)25-26-32(42)43)35(45)34(44)29(28-39)46-36/h29,33-36,39,44-45H,3-28H2,1-2H3,(H,37,40)(H,42,43)/t29-,33+,34+,35-,36-/m1/s1. The van der Waals surface area contributed by atoms with Gasteiger partial charge in [0.25, 0.3) is 0 Å². The first kappa shape index (κ1) is 42.3. The molecule has 0 bridgehead atoms. The van der Waals surface area contributed by atoms with Crippen molar-refractivity contribution in [3.63, 3.8) is 0 Å². The Balaban J connectivity index is 2.79. The van der Waals surface area contributed by atoms with E-state index >= 15 is 0 Å². The van der Waals surface area contributed by atoms with E-state index in [9.17, 15) is 29.7 Å². The van der Waals surface area contributed by atoms with Gasteiger partial charge in [-0.3, -0.25) is 14.4 Å². The predicted octanol–water partition coefficient (Wildman–Crippen LogP) is 6.23. The van der Waals surface area contributed by atoms with Crippen LogP contribution >= 0.6 is 0 Å².